The lowest BCUT2D eigenvalue weighted by atomic mass is 9.85. The second kappa shape index (κ2) is 7.65. The highest BCUT2D eigenvalue weighted by Crippen LogP contribution is 2.41. The molecule has 5 nitrogen and oxygen atoms in total. The molecule has 3 N–H and O–H groups in total. The highest BCUT2D eigenvalue weighted by atomic mass is 32.2. The predicted molar refractivity (Wildman–Crippen MR) is 91.2 cm³/mol. The van der Waals surface area contributed by atoms with Gasteiger partial charge in [-0.25, -0.2) is 8.78 Å². The zero-order valence-corrected chi connectivity index (χ0v) is 15.0. The van der Waals surface area contributed by atoms with Crippen LogP contribution >= 0.6 is 0 Å². The number of benzene rings is 1. The number of aliphatic hydroxyl groups excluding tert-OH is 1. The largest absolute Gasteiger partial charge is 0.386 e. The van der Waals surface area contributed by atoms with E-state index in [1.54, 1.807) is 6.07 Å². The summed E-state index contributed by atoms with van der Waals surface area (Å²) >= 11 is 0. The SMILES string of the molecule is CC(F)(F)c1cccc(C(O)C2(NCCCS(=O)(=O)O)CCCC2)c1. The molecule has 1 unspecified atom stereocenters. The van der Waals surface area contributed by atoms with Crippen LogP contribution in [-0.2, 0) is 16.0 Å². The molecule has 1 aromatic carbocycles. The van der Waals surface area contributed by atoms with Crippen LogP contribution in [0.1, 0.15) is 56.3 Å². The van der Waals surface area contributed by atoms with Crippen LogP contribution in [0.2, 0.25) is 0 Å². The summed E-state index contributed by atoms with van der Waals surface area (Å²) in [7, 11) is -4.02. The summed E-state index contributed by atoms with van der Waals surface area (Å²) in [5, 5.41) is 14.1. The van der Waals surface area contributed by atoms with E-state index in [-0.39, 0.29) is 17.7 Å². The van der Waals surface area contributed by atoms with Crippen LogP contribution in [0.5, 0.6) is 0 Å². The quantitative estimate of drug-likeness (QED) is 0.479. The Hall–Kier alpha value is -1.09. The second-order valence-electron chi connectivity index (χ2n) is 6.85. The number of rotatable bonds is 8. The van der Waals surface area contributed by atoms with E-state index < -0.39 is 27.7 Å². The van der Waals surface area contributed by atoms with E-state index >= 15 is 0 Å². The topological polar surface area (TPSA) is 86.6 Å². The third-order valence-corrected chi connectivity index (χ3v) is 5.59. The van der Waals surface area contributed by atoms with Gasteiger partial charge >= 0.3 is 0 Å². The van der Waals surface area contributed by atoms with Crippen molar-refractivity contribution in [3.05, 3.63) is 35.4 Å². The van der Waals surface area contributed by atoms with Crippen molar-refractivity contribution in [2.75, 3.05) is 12.3 Å². The van der Waals surface area contributed by atoms with Crippen molar-refractivity contribution in [3.8, 4) is 0 Å². The predicted octanol–water partition coefficient (Wildman–Crippen LogP) is 3.01. The van der Waals surface area contributed by atoms with E-state index in [4.69, 9.17) is 4.55 Å². The van der Waals surface area contributed by atoms with Crippen LogP contribution in [0, 0.1) is 0 Å². The molecule has 1 fully saturated rings. The molecular formula is C17H25F2NO4S. The molecule has 8 heteroatoms. The minimum Gasteiger partial charge on any atom is -0.386 e. The molecule has 142 valence electrons. The molecule has 0 heterocycles. The number of nitrogens with one attached hydrogen (secondary N) is 1. The molecule has 0 bridgehead atoms. The summed E-state index contributed by atoms with van der Waals surface area (Å²) < 4.78 is 57.5. The lowest BCUT2D eigenvalue weighted by Crippen LogP contribution is -2.48. The molecule has 25 heavy (non-hydrogen) atoms. The van der Waals surface area contributed by atoms with Crippen LogP contribution in [0.3, 0.4) is 0 Å². The van der Waals surface area contributed by atoms with Crippen molar-refractivity contribution in [3.63, 3.8) is 0 Å². The monoisotopic (exact) mass is 377 g/mol. The van der Waals surface area contributed by atoms with Crippen LogP contribution in [0.25, 0.3) is 0 Å². The van der Waals surface area contributed by atoms with Gasteiger partial charge in [0.1, 0.15) is 0 Å². The van der Waals surface area contributed by atoms with E-state index in [0.29, 0.717) is 24.9 Å². The maximum atomic E-state index is 13.6. The fraction of sp³-hybridized carbons (Fsp3) is 0.647. The fourth-order valence-electron chi connectivity index (χ4n) is 3.45. The second-order valence-corrected chi connectivity index (χ2v) is 8.42. The summed E-state index contributed by atoms with van der Waals surface area (Å²) in [6, 6.07) is 5.79. The Balaban J connectivity index is 2.13. The fourth-order valence-corrected chi connectivity index (χ4v) is 3.95. The summed E-state index contributed by atoms with van der Waals surface area (Å²) in [5.41, 5.74) is -0.396. The van der Waals surface area contributed by atoms with Gasteiger partial charge in [0.2, 0.25) is 0 Å². The molecule has 1 saturated carbocycles. The maximum absolute atomic E-state index is 13.6. The average molecular weight is 377 g/mol. The summed E-state index contributed by atoms with van der Waals surface area (Å²) in [5.74, 6) is -3.34. The first-order valence-corrected chi connectivity index (χ1v) is 10.0. The maximum Gasteiger partial charge on any atom is 0.270 e. The standard InChI is InChI=1S/C17H25F2NO4S/c1-16(18,19)14-7-4-6-13(12-14)15(21)17(8-2-3-9-17)20-10-5-11-25(22,23)24/h4,6-7,12,15,20-21H,2-3,5,8-11H2,1H3,(H,22,23,24). The van der Waals surface area contributed by atoms with Gasteiger partial charge in [0.15, 0.2) is 0 Å². The first-order chi connectivity index (χ1) is 11.5. The van der Waals surface area contributed by atoms with Crippen molar-refractivity contribution < 1.29 is 26.9 Å². The first kappa shape index (κ1) is 20.2. The lowest BCUT2D eigenvalue weighted by molar-refractivity contribution is 0.0166. The van der Waals surface area contributed by atoms with Gasteiger partial charge < -0.3 is 10.4 Å². The van der Waals surface area contributed by atoms with Gasteiger partial charge in [0.05, 0.1) is 11.9 Å². The number of halogens is 2. The Bertz CT molecular complexity index is 682. The van der Waals surface area contributed by atoms with E-state index in [0.717, 1.165) is 19.8 Å². The van der Waals surface area contributed by atoms with E-state index in [1.807, 2.05) is 0 Å². The Labute approximate surface area is 147 Å². The van der Waals surface area contributed by atoms with Crippen molar-refractivity contribution in [2.24, 2.45) is 0 Å². The molecule has 1 aromatic rings. The van der Waals surface area contributed by atoms with Gasteiger partial charge in [-0.3, -0.25) is 4.55 Å². The molecule has 0 saturated heterocycles. The lowest BCUT2D eigenvalue weighted by Gasteiger charge is -2.36. The minimum absolute atomic E-state index is 0.149. The number of aliphatic hydroxyl groups is 1. The van der Waals surface area contributed by atoms with Crippen molar-refractivity contribution in [1.82, 2.24) is 5.32 Å². The van der Waals surface area contributed by atoms with Crippen LogP contribution in [0.4, 0.5) is 8.78 Å². The normalized spacial score (nSPS) is 19.1. The highest BCUT2D eigenvalue weighted by molar-refractivity contribution is 7.85. The molecule has 1 aliphatic carbocycles. The Kier molecular flexibility index (Phi) is 6.19. The first-order valence-electron chi connectivity index (χ1n) is 8.40. The van der Waals surface area contributed by atoms with Gasteiger partial charge in [0, 0.05) is 18.0 Å². The Morgan fingerprint density at radius 2 is 1.96 bits per heavy atom. The molecule has 0 aliphatic heterocycles. The minimum atomic E-state index is -4.02. The van der Waals surface area contributed by atoms with E-state index in [9.17, 15) is 22.3 Å². The van der Waals surface area contributed by atoms with Crippen LogP contribution < -0.4 is 5.32 Å². The van der Waals surface area contributed by atoms with Gasteiger partial charge in [-0.2, -0.15) is 8.42 Å². The summed E-state index contributed by atoms with van der Waals surface area (Å²) in [6.07, 6.45) is 2.38. The van der Waals surface area contributed by atoms with E-state index in [1.165, 1.54) is 18.2 Å². The number of hydrogen-bond acceptors (Lipinski definition) is 4. The third-order valence-electron chi connectivity index (χ3n) is 4.78. The molecule has 1 aliphatic rings. The molecule has 0 radical (unpaired) electrons. The summed E-state index contributed by atoms with van der Waals surface area (Å²) in [6.45, 7) is 1.12. The van der Waals surface area contributed by atoms with Gasteiger partial charge in [-0.1, -0.05) is 31.0 Å². The van der Waals surface area contributed by atoms with Crippen molar-refractivity contribution in [2.45, 2.75) is 56.6 Å². The third kappa shape index (κ3) is 5.44. The van der Waals surface area contributed by atoms with Gasteiger partial charge in [0.25, 0.3) is 16.0 Å². The number of alkyl halides is 2. The van der Waals surface area contributed by atoms with E-state index in [2.05, 4.69) is 5.32 Å². The highest BCUT2D eigenvalue weighted by Gasteiger charge is 2.41. The summed E-state index contributed by atoms with van der Waals surface area (Å²) in [4.78, 5) is 0. The van der Waals surface area contributed by atoms with Crippen molar-refractivity contribution >= 4 is 10.1 Å². The molecule has 0 aromatic heterocycles. The zero-order chi connectivity index (χ0) is 18.7. The van der Waals surface area contributed by atoms with Crippen molar-refractivity contribution in [1.29, 1.82) is 0 Å². The molecule has 0 spiro atoms. The zero-order valence-electron chi connectivity index (χ0n) is 14.2. The average Bonchev–Trinajstić information content (AvgIpc) is 2.99. The smallest absolute Gasteiger partial charge is 0.270 e. The van der Waals surface area contributed by atoms with Gasteiger partial charge in [-0.15, -0.1) is 0 Å². The molecular weight excluding hydrogens is 352 g/mol. The molecule has 0 amide bonds. The number of hydrogen-bond donors (Lipinski definition) is 3. The van der Waals surface area contributed by atoms with Crippen LogP contribution in [0.15, 0.2) is 24.3 Å². The van der Waals surface area contributed by atoms with Crippen LogP contribution in [-0.4, -0.2) is 35.9 Å². The Morgan fingerprint density at radius 3 is 2.52 bits per heavy atom. The Morgan fingerprint density at radius 1 is 1.32 bits per heavy atom. The molecule has 2 rings (SSSR count). The molecule has 1 atom stereocenters. The van der Waals surface area contributed by atoms with Gasteiger partial charge in [-0.05, 0) is 37.4 Å².